The van der Waals surface area contributed by atoms with E-state index in [2.05, 4.69) is 183 Å². The van der Waals surface area contributed by atoms with Crippen molar-refractivity contribution in [1.29, 1.82) is 0 Å². The Labute approximate surface area is 554 Å². The molecule has 4 aromatic rings. The van der Waals surface area contributed by atoms with Crippen LogP contribution in [0.15, 0.2) is 68.5 Å². The van der Waals surface area contributed by atoms with Crippen LogP contribution >= 0.6 is 0 Å². The van der Waals surface area contributed by atoms with Gasteiger partial charge in [-0.3, -0.25) is 29.8 Å². The van der Waals surface area contributed by atoms with Gasteiger partial charge in [-0.1, -0.05) is 175 Å². The fourth-order valence-corrected chi connectivity index (χ4v) is 12.5. The molecule has 0 bridgehead atoms. The average Bonchev–Trinajstić information content (AvgIpc) is 0.823. The number of phenolic OH excluding ortho intramolecular Hbond substituents is 4. The molecule has 3 fully saturated rings. The third kappa shape index (κ3) is 21.3. The SMILES string of the molecule is CC(C)(C)c1cc(C=N[C@H]2CCCC[C@@H]2N=Cc2cc(CN3CCOCCOCCN(Cc4cc(C=N[C@H]5CCCC[C@@H]5N=Cc5cc(C(C)(C)C)cc(C(C)(C)C)c5O)c(O)c(C(C)(C)C)c4)CCOCCOCC3)cc(C(C)(C)C)c2O)c(O)c(C(C)(C)C)c1. The summed E-state index contributed by atoms with van der Waals surface area (Å²) in [6, 6.07) is 16.6. The molecule has 4 N–H and O–H groups in total. The number of aliphatic imine (C=N–C) groups is 4. The number of phenols is 4. The Hall–Kier alpha value is -5.48. The van der Waals surface area contributed by atoms with E-state index < -0.39 is 0 Å². The van der Waals surface area contributed by atoms with Crippen molar-refractivity contribution in [2.24, 2.45) is 20.0 Å². The molecule has 0 radical (unpaired) electrons. The molecule has 14 nitrogen and oxygen atoms in total. The zero-order valence-corrected chi connectivity index (χ0v) is 59.9. The normalized spacial score (nSPS) is 21.4. The quantitative estimate of drug-likeness (QED) is 0.1000. The first-order valence-corrected chi connectivity index (χ1v) is 34.4. The summed E-state index contributed by atoms with van der Waals surface area (Å²) in [7, 11) is 0. The number of ether oxygens (including phenoxy) is 4. The van der Waals surface area contributed by atoms with E-state index in [9.17, 15) is 20.4 Å². The molecule has 508 valence electrons. The molecule has 1 saturated heterocycles. The minimum atomic E-state index is -0.324. The van der Waals surface area contributed by atoms with Gasteiger partial charge in [0.05, 0.1) is 77.0 Å². The molecule has 0 spiro atoms. The molecule has 92 heavy (non-hydrogen) atoms. The summed E-state index contributed by atoms with van der Waals surface area (Å²) in [5, 5.41) is 46.8. The van der Waals surface area contributed by atoms with Crippen LogP contribution in [0.5, 0.6) is 23.0 Å². The lowest BCUT2D eigenvalue weighted by Crippen LogP contribution is -2.33. The predicted octanol–water partition coefficient (Wildman–Crippen LogP) is 15.4. The van der Waals surface area contributed by atoms with Gasteiger partial charge in [0.2, 0.25) is 0 Å². The summed E-state index contributed by atoms with van der Waals surface area (Å²) < 4.78 is 24.9. The Morgan fingerprint density at radius 2 is 0.576 bits per heavy atom. The van der Waals surface area contributed by atoms with Crippen molar-refractivity contribution in [3.05, 3.63) is 115 Å². The van der Waals surface area contributed by atoms with Crippen molar-refractivity contribution < 1.29 is 39.4 Å². The first-order chi connectivity index (χ1) is 43.1. The van der Waals surface area contributed by atoms with E-state index in [1.54, 1.807) is 0 Å². The molecule has 2 aliphatic carbocycles. The van der Waals surface area contributed by atoms with E-state index in [1.807, 2.05) is 24.9 Å². The summed E-state index contributed by atoms with van der Waals surface area (Å²) >= 11 is 0. The zero-order chi connectivity index (χ0) is 67.4. The van der Waals surface area contributed by atoms with Gasteiger partial charge < -0.3 is 39.4 Å². The first-order valence-electron chi connectivity index (χ1n) is 34.4. The molecule has 0 unspecified atom stereocenters. The summed E-state index contributed by atoms with van der Waals surface area (Å²) in [5.74, 6) is 1.08. The van der Waals surface area contributed by atoms with Gasteiger partial charge in [-0.25, -0.2) is 0 Å². The molecule has 2 saturated carbocycles. The molecule has 0 aromatic heterocycles. The maximum absolute atomic E-state index is 11.9. The van der Waals surface area contributed by atoms with E-state index in [0.29, 0.717) is 103 Å². The van der Waals surface area contributed by atoms with Crippen LogP contribution in [0.2, 0.25) is 0 Å². The van der Waals surface area contributed by atoms with Crippen LogP contribution < -0.4 is 0 Å². The van der Waals surface area contributed by atoms with Crippen LogP contribution in [0.1, 0.15) is 243 Å². The maximum Gasteiger partial charge on any atom is 0.128 e. The second-order valence-corrected chi connectivity index (χ2v) is 32.5. The van der Waals surface area contributed by atoms with Crippen LogP contribution in [0.4, 0.5) is 0 Å². The van der Waals surface area contributed by atoms with E-state index in [1.165, 1.54) is 11.1 Å². The lowest BCUT2D eigenvalue weighted by atomic mass is 9.79. The zero-order valence-electron chi connectivity index (χ0n) is 59.9. The van der Waals surface area contributed by atoms with Gasteiger partial charge in [0, 0.05) is 109 Å². The summed E-state index contributed by atoms with van der Waals surface area (Å²) in [4.78, 5) is 25.4. The van der Waals surface area contributed by atoms with Crippen molar-refractivity contribution in [2.45, 2.75) is 246 Å². The predicted molar refractivity (Wildman–Crippen MR) is 381 cm³/mol. The fraction of sp³-hybridized carbons (Fsp3) is 0.641. The van der Waals surface area contributed by atoms with Crippen molar-refractivity contribution in [3.8, 4) is 23.0 Å². The Morgan fingerprint density at radius 3 is 0.815 bits per heavy atom. The first kappa shape index (κ1) is 73.9. The minimum absolute atomic E-state index is 0.0505. The summed E-state index contributed by atoms with van der Waals surface area (Å²) in [5.41, 5.74) is 9.63. The monoisotopic (exact) mass is 1270 g/mol. The molecule has 7 rings (SSSR count). The third-order valence-electron chi connectivity index (χ3n) is 18.4. The Morgan fingerprint density at radius 1 is 0.337 bits per heavy atom. The van der Waals surface area contributed by atoms with Gasteiger partial charge >= 0.3 is 0 Å². The highest BCUT2D eigenvalue weighted by Crippen LogP contribution is 2.41. The molecule has 4 aromatic carbocycles. The molecule has 14 heteroatoms. The lowest BCUT2D eigenvalue weighted by molar-refractivity contribution is 0.00623. The number of hydrogen-bond acceptors (Lipinski definition) is 14. The van der Waals surface area contributed by atoms with E-state index >= 15 is 0 Å². The van der Waals surface area contributed by atoms with Gasteiger partial charge in [0.15, 0.2) is 0 Å². The van der Waals surface area contributed by atoms with Gasteiger partial charge in [0.1, 0.15) is 23.0 Å². The number of nitrogens with zero attached hydrogens (tertiary/aromatic N) is 6. The molecule has 0 amide bonds. The van der Waals surface area contributed by atoms with Gasteiger partial charge in [-0.2, -0.15) is 0 Å². The van der Waals surface area contributed by atoms with Crippen LogP contribution in [0.25, 0.3) is 0 Å². The fourth-order valence-electron chi connectivity index (χ4n) is 12.5. The summed E-state index contributed by atoms with van der Waals surface area (Å²) in [6.07, 6.45) is 15.3. The average molecular weight is 1270 g/mol. The smallest absolute Gasteiger partial charge is 0.128 e. The van der Waals surface area contributed by atoms with Gasteiger partial charge in [0.25, 0.3) is 0 Å². The van der Waals surface area contributed by atoms with Crippen molar-refractivity contribution >= 4 is 24.9 Å². The molecular formula is C78H118N6O8. The van der Waals surface area contributed by atoms with Crippen LogP contribution in [0, 0.1) is 0 Å². The standard InChI is InChI=1S/C78H118N6O8/c1-73(2,3)59-43-57(71(87)63(45-59)77(13,14)15)49-81-67-25-21-19-23-65(67)79-47-55-39-53(41-61(69(55)85)75(7,8)9)51-83-27-31-89-35-37-91-33-29-84(30-34-92-38-36-90-32-28-83)52-54-40-56(70(86)62(42-54)76(10,11)12)48-80-66-24-20-22-26-68(66)82-50-58-44-60(74(4,5)6)46-64(72(58)88)78(16,17)18/h39-50,65-68,85-88H,19-38,51-52H2,1-18H3/t65-,66-,67-,68-/m0/s1. The molecule has 4 atom stereocenters. The third-order valence-corrected chi connectivity index (χ3v) is 18.4. The van der Waals surface area contributed by atoms with Crippen molar-refractivity contribution in [2.75, 3.05) is 79.0 Å². The molecule has 1 aliphatic heterocycles. The van der Waals surface area contributed by atoms with Crippen molar-refractivity contribution in [1.82, 2.24) is 9.80 Å². The van der Waals surface area contributed by atoms with Crippen molar-refractivity contribution in [3.63, 3.8) is 0 Å². The van der Waals surface area contributed by atoms with E-state index in [4.69, 9.17) is 38.9 Å². The number of hydrogen-bond donors (Lipinski definition) is 4. The van der Waals surface area contributed by atoms with Crippen LogP contribution in [-0.4, -0.2) is 158 Å². The number of aromatic hydroxyl groups is 4. The minimum Gasteiger partial charge on any atom is -0.507 e. The van der Waals surface area contributed by atoms with E-state index in [-0.39, 0.29) is 79.7 Å². The number of benzene rings is 4. The highest BCUT2D eigenvalue weighted by Gasteiger charge is 2.31. The van der Waals surface area contributed by atoms with Crippen LogP contribution in [0.3, 0.4) is 0 Å². The van der Waals surface area contributed by atoms with Crippen LogP contribution in [-0.2, 0) is 64.5 Å². The number of rotatable bonds is 12. The molecule has 3 aliphatic rings. The molecular weight excluding hydrogens is 1150 g/mol. The molecule has 1 heterocycles. The van der Waals surface area contributed by atoms with Gasteiger partial charge in [-0.05, 0) is 105 Å². The summed E-state index contributed by atoms with van der Waals surface area (Å²) in [6.45, 7) is 46.7. The highest BCUT2D eigenvalue weighted by atomic mass is 16.5. The second kappa shape index (κ2) is 31.8. The highest BCUT2D eigenvalue weighted by molar-refractivity contribution is 5.87. The largest absolute Gasteiger partial charge is 0.507 e. The Bertz CT molecular complexity index is 2950. The van der Waals surface area contributed by atoms with Gasteiger partial charge in [-0.15, -0.1) is 0 Å². The Kier molecular flexibility index (Phi) is 25.6. The topological polar surface area (TPSA) is 174 Å². The second-order valence-electron chi connectivity index (χ2n) is 32.5. The Balaban J connectivity index is 0.992. The van der Waals surface area contributed by atoms with E-state index in [0.717, 1.165) is 95.9 Å². The maximum atomic E-state index is 11.9. The lowest BCUT2D eigenvalue weighted by Gasteiger charge is -2.28.